The molecule has 2 aliphatic heterocycles. The summed E-state index contributed by atoms with van der Waals surface area (Å²) in [5.41, 5.74) is -0.564. The summed E-state index contributed by atoms with van der Waals surface area (Å²) >= 11 is 0. The van der Waals surface area contributed by atoms with Crippen LogP contribution in [-0.2, 0) is 9.53 Å². The predicted molar refractivity (Wildman–Crippen MR) is 114 cm³/mol. The molecule has 5 atom stereocenters. The third-order valence-electron chi connectivity index (χ3n) is 5.78. The zero-order valence-electron chi connectivity index (χ0n) is 18.5. The Balaban J connectivity index is 2.18. The Morgan fingerprint density at radius 3 is 2.58 bits per heavy atom. The van der Waals surface area contributed by atoms with Crippen LogP contribution in [0.3, 0.4) is 0 Å². The first-order valence-corrected chi connectivity index (χ1v) is 10.4. The molecule has 1 saturated heterocycles. The molecule has 9 nitrogen and oxygen atoms in total. The zero-order valence-corrected chi connectivity index (χ0v) is 18.5. The molecule has 1 fully saturated rings. The second-order valence-electron chi connectivity index (χ2n) is 8.61. The van der Waals surface area contributed by atoms with Crippen molar-refractivity contribution in [2.45, 2.75) is 70.4 Å². The van der Waals surface area contributed by atoms with Crippen molar-refractivity contribution in [3.8, 4) is 5.75 Å². The van der Waals surface area contributed by atoms with E-state index in [2.05, 4.69) is 5.32 Å². The summed E-state index contributed by atoms with van der Waals surface area (Å²) in [5.74, 6) is 0.0669. The molecule has 3 rings (SSSR count). The van der Waals surface area contributed by atoms with Gasteiger partial charge in [-0.05, 0) is 51.5 Å². The molecule has 1 aromatic carbocycles. The van der Waals surface area contributed by atoms with Gasteiger partial charge in [0, 0.05) is 18.2 Å². The van der Waals surface area contributed by atoms with Crippen molar-refractivity contribution < 1.29 is 34.7 Å². The monoisotopic (exact) mass is 436 g/mol. The lowest BCUT2D eigenvalue weighted by molar-refractivity contribution is -0.284. The SMILES string of the molecule is CCOc1ccc2c(c1)C(C)=CC(C)(C)N2C1O[C@H](CO)[C@@H](O)[C@H](O)[C@]1(O)NC(C)=O. The van der Waals surface area contributed by atoms with Crippen LogP contribution in [0, 0.1) is 0 Å². The molecular weight excluding hydrogens is 404 g/mol. The molecule has 0 aliphatic carbocycles. The fourth-order valence-electron chi connectivity index (χ4n) is 4.50. The molecule has 31 heavy (non-hydrogen) atoms. The number of allylic oxidation sites excluding steroid dienone is 1. The lowest BCUT2D eigenvalue weighted by Crippen LogP contribution is -2.78. The molecule has 1 unspecified atom stereocenters. The second-order valence-corrected chi connectivity index (χ2v) is 8.61. The molecule has 0 radical (unpaired) electrons. The number of rotatable bonds is 5. The number of nitrogens with one attached hydrogen (secondary N) is 1. The van der Waals surface area contributed by atoms with E-state index in [1.807, 2.05) is 45.9 Å². The molecule has 2 heterocycles. The quantitative estimate of drug-likeness (QED) is 0.418. The minimum absolute atomic E-state index is 0.507. The number of aliphatic hydroxyl groups is 4. The van der Waals surface area contributed by atoms with Crippen LogP contribution >= 0.6 is 0 Å². The Morgan fingerprint density at radius 1 is 1.32 bits per heavy atom. The van der Waals surface area contributed by atoms with E-state index in [0.717, 1.165) is 11.1 Å². The van der Waals surface area contributed by atoms with Crippen molar-refractivity contribution in [3.05, 3.63) is 29.8 Å². The molecular formula is C22H32N2O7. The van der Waals surface area contributed by atoms with Crippen LogP contribution in [0.25, 0.3) is 5.57 Å². The van der Waals surface area contributed by atoms with Crippen LogP contribution in [0.1, 0.15) is 40.2 Å². The Labute approximate surface area is 181 Å². The first-order chi connectivity index (χ1) is 14.5. The highest BCUT2D eigenvalue weighted by molar-refractivity contribution is 5.82. The van der Waals surface area contributed by atoms with Gasteiger partial charge in [0.15, 0.2) is 6.23 Å². The lowest BCUT2D eigenvalue weighted by Gasteiger charge is -2.56. The number of fused-ring (bicyclic) bond motifs is 1. The van der Waals surface area contributed by atoms with Gasteiger partial charge in [-0.2, -0.15) is 0 Å². The van der Waals surface area contributed by atoms with Gasteiger partial charge in [0.1, 0.15) is 24.1 Å². The minimum Gasteiger partial charge on any atom is -0.494 e. The van der Waals surface area contributed by atoms with Crippen molar-refractivity contribution in [3.63, 3.8) is 0 Å². The van der Waals surface area contributed by atoms with Crippen molar-refractivity contribution in [1.29, 1.82) is 0 Å². The highest BCUT2D eigenvalue weighted by atomic mass is 16.6. The molecule has 0 aromatic heterocycles. The van der Waals surface area contributed by atoms with Crippen LogP contribution < -0.4 is 15.0 Å². The van der Waals surface area contributed by atoms with Gasteiger partial charge in [0.05, 0.1) is 18.8 Å². The number of carbonyl (C=O) groups is 1. The average Bonchev–Trinajstić information content (AvgIpc) is 2.67. The summed E-state index contributed by atoms with van der Waals surface area (Å²) in [6.07, 6.45) is -3.91. The van der Waals surface area contributed by atoms with Gasteiger partial charge in [-0.3, -0.25) is 4.79 Å². The maximum absolute atomic E-state index is 11.9. The van der Waals surface area contributed by atoms with Crippen molar-refractivity contribution in [1.82, 2.24) is 5.32 Å². The molecule has 1 aromatic rings. The standard InChI is InChI=1S/C22H32N2O7/c1-6-30-14-7-8-16-15(9-14)12(2)10-21(4,5)24(16)20-22(29,23-13(3)26)19(28)18(27)17(11-25)31-20/h7-10,17-20,25,27-29H,6,11H2,1-5H3,(H,23,26)/t17-,18-,19+,20?,22-/m1/s1. The van der Waals surface area contributed by atoms with E-state index in [1.165, 1.54) is 6.92 Å². The number of anilines is 1. The summed E-state index contributed by atoms with van der Waals surface area (Å²) < 4.78 is 11.5. The Bertz CT molecular complexity index is 871. The summed E-state index contributed by atoms with van der Waals surface area (Å²) in [6.45, 7) is 8.78. The molecule has 1 amide bonds. The first kappa shape index (κ1) is 23.5. The second kappa shape index (κ2) is 8.40. The Kier molecular flexibility index (Phi) is 6.37. The van der Waals surface area contributed by atoms with Gasteiger partial charge in [-0.25, -0.2) is 0 Å². The number of hydrogen-bond acceptors (Lipinski definition) is 8. The first-order valence-electron chi connectivity index (χ1n) is 10.4. The van der Waals surface area contributed by atoms with Crippen LogP contribution in [0.2, 0.25) is 0 Å². The molecule has 172 valence electrons. The van der Waals surface area contributed by atoms with E-state index in [-0.39, 0.29) is 0 Å². The summed E-state index contributed by atoms with van der Waals surface area (Å²) in [6, 6.07) is 5.49. The van der Waals surface area contributed by atoms with E-state index < -0.39 is 48.3 Å². The number of aliphatic hydroxyl groups excluding tert-OH is 3. The number of nitrogens with zero attached hydrogens (tertiary/aromatic N) is 1. The van der Waals surface area contributed by atoms with E-state index in [0.29, 0.717) is 18.0 Å². The van der Waals surface area contributed by atoms with Crippen molar-refractivity contribution in [2.24, 2.45) is 0 Å². The van der Waals surface area contributed by atoms with Crippen LogP contribution in [0.15, 0.2) is 24.3 Å². The molecule has 2 aliphatic rings. The Morgan fingerprint density at radius 2 is 2.00 bits per heavy atom. The highest BCUT2D eigenvalue weighted by Crippen LogP contribution is 2.45. The third-order valence-corrected chi connectivity index (χ3v) is 5.78. The van der Waals surface area contributed by atoms with E-state index in [1.54, 1.807) is 11.0 Å². The maximum atomic E-state index is 11.9. The lowest BCUT2D eigenvalue weighted by atomic mass is 9.84. The molecule has 9 heteroatoms. The normalized spacial score (nSPS) is 32.2. The number of carbonyl (C=O) groups excluding carboxylic acids is 1. The maximum Gasteiger partial charge on any atom is 0.219 e. The largest absolute Gasteiger partial charge is 0.494 e. The zero-order chi connectivity index (χ0) is 23.1. The van der Waals surface area contributed by atoms with Crippen LogP contribution in [0.4, 0.5) is 5.69 Å². The van der Waals surface area contributed by atoms with Gasteiger partial charge >= 0.3 is 0 Å². The van der Waals surface area contributed by atoms with Crippen molar-refractivity contribution in [2.75, 3.05) is 18.1 Å². The van der Waals surface area contributed by atoms with Gasteiger partial charge in [0.25, 0.3) is 0 Å². The fourth-order valence-corrected chi connectivity index (χ4v) is 4.50. The number of ether oxygens (including phenoxy) is 2. The molecule has 0 bridgehead atoms. The minimum atomic E-state index is -2.34. The molecule has 5 N–H and O–H groups in total. The highest BCUT2D eigenvalue weighted by Gasteiger charge is 2.59. The average molecular weight is 437 g/mol. The molecule has 0 saturated carbocycles. The van der Waals surface area contributed by atoms with E-state index >= 15 is 0 Å². The topological polar surface area (TPSA) is 132 Å². The van der Waals surface area contributed by atoms with E-state index in [9.17, 15) is 25.2 Å². The third kappa shape index (κ3) is 4.04. The molecule has 0 spiro atoms. The van der Waals surface area contributed by atoms with Gasteiger partial charge in [0.2, 0.25) is 11.6 Å². The summed E-state index contributed by atoms with van der Waals surface area (Å²) in [7, 11) is 0. The van der Waals surface area contributed by atoms with E-state index in [4.69, 9.17) is 9.47 Å². The van der Waals surface area contributed by atoms with Crippen LogP contribution in [-0.4, -0.2) is 75.4 Å². The number of hydrogen-bond donors (Lipinski definition) is 5. The van der Waals surface area contributed by atoms with Gasteiger partial charge in [-0.15, -0.1) is 0 Å². The van der Waals surface area contributed by atoms with Gasteiger partial charge in [-0.1, -0.05) is 6.08 Å². The fraction of sp³-hybridized carbons (Fsp3) is 0.591. The smallest absolute Gasteiger partial charge is 0.219 e. The number of amides is 1. The van der Waals surface area contributed by atoms with Gasteiger partial charge < -0.3 is 40.1 Å². The van der Waals surface area contributed by atoms with Crippen molar-refractivity contribution >= 4 is 17.2 Å². The number of benzene rings is 1. The van der Waals surface area contributed by atoms with Crippen LogP contribution in [0.5, 0.6) is 5.75 Å². The summed E-state index contributed by atoms with van der Waals surface area (Å²) in [4.78, 5) is 13.6. The predicted octanol–water partition coefficient (Wildman–Crippen LogP) is 0.351. The summed E-state index contributed by atoms with van der Waals surface area (Å²) in [5, 5.41) is 44.6. The Hall–Kier alpha value is -2.17.